The lowest BCUT2D eigenvalue weighted by atomic mass is 10.1. The van der Waals surface area contributed by atoms with Gasteiger partial charge >= 0.3 is 0 Å². The summed E-state index contributed by atoms with van der Waals surface area (Å²) in [6.45, 7) is 1.86. The lowest BCUT2D eigenvalue weighted by molar-refractivity contribution is 1.10. The van der Waals surface area contributed by atoms with Crippen LogP contribution in [0.4, 0.5) is 11.8 Å². The third kappa shape index (κ3) is 1.78. The van der Waals surface area contributed by atoms with E-state index in [0.717, 1.165) is 16.8 Å². The van der Waals surface area contributed by atoms with E-state index in [-0.39, 0.29) is 5.95 Å². The van der Waals surface area contributed by atoms with E-state index in [1.807, 2.05) is 19.1 Å². The van der Waals surface area contributed by atoms with Crippen molar-refractivity contribution in [3.63, 3.8) is 0 Å². The molecule has 0 radical (unpaired) electrons. The number of nitrogen functional groups attached to an aromatic ring is 2. The molecule has 0 amide bonds. The predicted octanol–water partition coefficient (Wildman–Crippen LogP) is 0.715. The lowest BCUT2D eigenvalue weighted by Crippen LogP contribution is -2.13. The number of hydrazine groups is 1. The zero-order valence-corrected chi connectivity index (χ0v) is 8.81. The van der Waals surface area contributed by atoms with Gasteiger partial charge in [-0.25, -0.2) is 10.8 Å². The van der Waals surface area contributed by atoms with Gasteiger partial charge in [0.05, 0.1) is 5.69 Å². The summed E-state index contributed by atoms with van der Waals surface area (Å²) in [6.07, 6.45) is 3.40. The summed E-state index contributed by atoms with van der Waals surface area (Å²) in [5.74, 6) is 6.12. The molecule has 16 heavy (non-hydrogen) atoms. The molecule has 0 atom stereocenters. The highest BCUT2D eigenvalue weighted by Crippen LogP contribution is 2.28. The van der Waals surface area contributed by atoms with Gasteiger partial charge in [0.2, 0.25) is 5.95 Å². The molecule has 0 aliphatic rings. The van der Waals surface area contributed by atoms with E-state index in [2.05, 4.69) is 20.4 Å². The van der Waals surface area contributed by atoms with Crippen LogP contribution in [0.5, 0.6) is 0 Å². The number of aromatic nitrogens is 3. The smallest absolute Gasteiger partial charge is 0.222 e. The Hall–Kier alpha value is -2.21. The van der Waals surface area contributed by atoms with Gasteiger partial charge in [-0.15, -0.1) is 0 Å². The Morgan fingerprint density at radius 3 is 2.50 bits per heavy atom. The number of anilines is 2. The van der Waals surface area contributed by atoms with Crippen LogP contribution in [0.25, 0.3) is 11.1 Å². The molecule has 0 saturated carbocycles. The second-order valence-electron chi connectivity index (χ2n) is 3.27. The van der Waals surface area contributed by atoms with E-state index in [1.54, 1.807) is 12.4 Å². The van der Waals surface area contributed by atoms with Crippen LogP contribution >= 0.6 is 0 Å². The molecular formula is C10H12N6. The third-order valence-corrected chi connectivity index (χ3v) is 2.21. The normalized spacial score (nSPS) is 10.1. The maximum Gasteiger partial charge on any atom is 0.222 e. The maximum atomic E-state index is 5.55. The first-order valence-electron chi connectivity index (χ1n) is 4.73. The molecule has 0 aromatic carbocycles. The van der Waals surface area contributed by atoms with Crippen LogP contribution in [0.3, 0.4) is 0 Å². The van der Waals surface area contributed by atoms with Crippen LogP contribution in [0.15, 0.2) is 24.5 Å². The SMILES string of the molecule is Cc1nc(N)nc(NN)c1-c1ccncc1. The quantitative estimate of drug-likeness (QED) is 0.504. The van der Waals surface area contributed by atoms with Gasteiger partial charge in [0.25, 0.3) is 0 Å². The average Bonchev–Trinajstić information content (AvgIpc) is 2.29. The summed E-state index contributed by atoms with van der Waals surface area (Å²) in [6, 6.07) is 3.73. The minimum atomic E-state index is 0.197. The summed E-state index contributed by atoms with van der Waals surface area (Å²) >= 11 is 0. The van der Waals surface area contributed by atoms with Crippen molar-refractivity contribution in [2.45, 2.75) is 6.92 Å². The van der Waals surface area contributed by atoms with Crippen molar-refractivity contribution in [1.82, 2.24) is 15.0 Å². The fourth-order valence-electron chi connectivity index (χ4n) is 1.56. The molecule has 5 N–H and O–H groups in total. The summed E-state index contributed by atoms with van der Waals surface area (Å²) in [5, 5.41) is 0. The summed E-state index contributed by atoms with van der Waals surface area (Å²) in [4.78, 5) is 12.1. The van der Waals surface area contributed by atoms with Crippen LogP contribution in [-0.2, 0) is 0 Å². The van der Waals surface area contributed by atoms with Crippen LogP contribution < -0.4 is 17.0 Å². The Bertz CT molecular complexity index is 496. The van der Waals surface area contributed by atoms with E-state index in [0.29, 0.717) is 5.82 Å². The van der Waals surface area contributed by atoms with E-state index >= 15 is 0 Å². The molecule has 82 valence electrons. The van der Waals surface area contributed by atoms with Gasteiger partial charge in [-0.3, -0.25) is 4.98 Å². The Morgan fingerprint density at radius 1 is 1.19 bits per heavy atom. The first-order valence-corrected chi connectivity index (χ1v) is 4.73. The number of nitrogens with one attached hydrogen (secondary N) is 1. The highest BCUT2D eigenvalue weighted by molar-refractivity contribution is 5.77. The average molecular weight is 216 g/mol. The summed E-state index contributed by atoms with van der Waals surface area (Å²) in [7, 11) is 0. The number of aryl methyl sites for hydroxylation is 1. The van der Waals surface area contributed by atoms with Crippen molar-refractivity contribution < 1.29 is 0 Å². The number of pyridine rings is 1. The zero-order chi connectivity index (χ0) is 11.5. The van der Waals surface area contributed by atoms with Gasteiger partial charge < -0.3 is 11.2 Å². The molecule has 0 fully saturated rings. The topological polar surface area (TPSA) is 103 Å². The maximum absolute atomic E-state index is 5.55. The molecule has 2 aromatic heterocycles. The van der Waals surface area contributed by atoms with Crippen molar-refractivity contribution in [2.75, 3.05) is 11.2 Å². The van der Waals surface area contributed by atoms with Crippen LogP contribution in [0.1, 0.15) is 5.69 Å². The molecule has 0 aliphatic carbocycles. The monoisotopic (exact) mass is 216 g/mol. The number of hydrogen-bond acceptors (Lipinski definition) is 6. The third-order valence-electron chi connectivity index (χ3n) is 2.21. The highest BCUT2D eigenvalue weighted by atomic mass is 15.3. The van der Waals surface area contributed by atoms with Gasteiger partial charge in [0, 0.05) is 18.0 Å². The van der Waals surface area contributed by atoms with Crippen molar-refractivity contribution >= 4 is 11.8 Å². The molecule has 6 heteroatoms. The van der Waals surface area contributed by atoms with Crippen molar-refractivity contribution in [3.05, 3.63) is 30.2 Å². The van der Waals surface area contributed by atoms with E-state index < -0.39 is 0 Å². The minimum absolute atomic E-state index is 0.197. The van der Waals surface area contributed by atoms with E-state index in [4.69, 9.17) is 11.6 Å². The Labute approximate surface area is 92.7 Å². The van der Waals surface area contributed by atoms with Gasteiger partial charge in [-0.1, -0.05) is 0 Å². The molecule has 0 bridgehead atoms. The highest BCUT2D eigenvalue weighted by Gasteiger charge is 2.11. The van der Waals surface area contributed by atoms with Gasteiger partial charge in [-0.2, -0.15) is 4.98 Å². The molecular weight excluding hydrogens is 204 g/mol. The number of hydrogen-bond donors (Lipinski definition) is 3. The predicted molar refractivity (Wildman–Crippen MR) is 62.2 cm³/mol. The second kappa shape index (κ2) is 4.11. The van der Waals surface area contributed by atoms with Crippen LogP contribution in [0, 0.1) is 6.92 Å². The van der Waals surface area contributed by atoms with Crippen LogP contribution in [-0.4, -0.2) is 15.0 Å². The largest absolute Gasteiger partial charge is 0.368 e. The molecule has 0 aliphatic heterocycles. The van der Waals surface area contributed by atoms with Crippen LogP contribution in [0.2, 0.25) is 0 Å². The second-order valence-corrected chi connectivity index (χ2v) is 3.27. The molecule has 0 unspecified atom stereocenters. The Balaban J connectivity index is 2.64. The summed E-state index contributed by atoms with van der Waals surface area (Å²) < 4.78 is 0. The Kier molecular flexibility index (Phi) is 2.65. The van der Waals surface area contributed by atoms with Crippen molar-refractivity contribution in [1.29, 1.82) is 0 Å². The molecule has 2 aromatic rings. The standard InChI is InChI=1S/C10H12N6/c1-6-8(7-2-4-13-5-3-7)9(16-12)15-10(11)14-6/h2-5H,12H2,1H3,(H3,11,14,15,16). The molecule has 2 heterocycles. The summed E-state index contributed by atoms with van der Waals surface area (Å²) in [5.41, 5.74) is 10.6. The van der Waals surface area contributed by atoms with E-state index in [1.165, 1.54) is 0 Å². The minimum Gasteiger partial charge on any atom is -0.368 e. The number of nitrogens with zero attached hydrogens (tertiary/aromatic N) is 3. The van der Waals surface area contributed by atoms with Gasteiger partial charge in [-0.05, 0) is 24.6 Å². The number of rotatable bonds is 2. The first kappa shape index (κ1) is 10.3. The van der Waals surface area contributed by atoms with E-state index in [9.17, 15) is 0 Å². The molecule has 2 rings (SSSR count). The molecule has 6 nitrogen and oxygen atoms in total. The molecule has 0 saturated heterocycles. The number of nitrogens with two attached hydrogens (primary N) is 2. The van der Waals surface area contributed by atoms with Gasteiger partial charge in [0.15, 0.2) is 5.82 Å². The van der Waals surface area contributed by atoms with Gasteiger partial charge in [0.1, 0.15) is 0 Å². The zero-order valence-electron chi connectivity index (χ0n) is 8.81. The lowest BCUT2D eigenvalue weighted by Gasteiger charge is -2.11. The first-order chi connectivity index (χ1) is 7.72. The van der Waals surface area contributed by atoms with Crippen molar-refractivity contribution in [3.8, 4) is 11.1 Å². The fraction of sp³-hybridized carbons (Fsp3) is 0.100. The Morgan fingerprint density at radius 2 is 1.88 bits per heavy atom. The fourth-order valence-corrected chi connectivity index (χ4v) is 1.56. The molecule has 0 spiro atoms. The van der Waals surface area contributed by atoms with Crippen molar-refractivity contribution in [2.24, 2.45) is 5.84 Å².